The Kier molecular flexibility index (Phi) is 8.97. The van der Waals surface area contributed by atoms with Gasteiger partial charge >= 0.3 is 12.1 Å². The number of carbonyl (C=O) groups is 3. The first-order valence-electron chi connectivity index (χ1n) is 10.6. The van der Waals surface area contributed by atoms with Crippen molar-refractivity contribution >= 4 is 23.6 Å². The molecule has 0 bridgehead atoms. The molecule has 33 heavy (non-hydrogen) atoms. The third kappa shape index (κ3) is 7.55. The van der Waals surface area contributed by atoms with Crippen LogP contribution in [0.1, 0.15) is 50.0 Å². The molecule has 0 unspecified atom stereocenters. The Hall–Kier alpha value is -2.96. The van der Waals surface area contributed by atoms with E-state index in [0.29, 0.717) is 24.5 Å². The van der Waals surface area contributed by atoms with Crippen LogP contribution >= 0.6 is 0 Å². The molecule has 13 heteroatoms. The van der Waals surface area contributed by atoms with Crippen LogP contribution in [0.25, 0.3) is 0 Å². The standard InChI is InChI=1S/C18H28N6O2.C2HF3O2/c1-12(2)21-17(25)15-8-13(19)11-24(15)16-10-20-9-14(22-16)18(26)23-6-4-3-5-7-23;3-2(4,5)1(6)7/h9-10,12-13,15H,3-8,11,19H2,1-2H3,(H,21,25);(H,6,7)/t13-,15+;/m1./s1. The number of carbonyl (C=O) groups excluding carboxylic acids is 2. The van der Waals surface area contributed by atoms with Crippen molar-refractivity contribution in [3.63, 3.8) is 0 Å². The number of hydrogen-bond donors (Lipinski definition) is 3. The van der Waals surface area contributed by atoms with Crippen LogP contribution in [0.3, 0.4) is 0 Å². The van der Waals surface area contributed by atoms with Crippen molar-refractivity contribution in [2.24, 2.45) is 5.73 Å². The van der Waals surface area contributed by atoms with Crippen molar-refractivity contribution < 1.29 is 32.7 Å². The zero-order valence-electron chi connectivity index (χ0n) is 18.5. The van der Waals surface area contributed by atoms with Gasteiger partial charge in [0.2, 0.25) is 5.91 Å². The summed E-state index contributed by atoms with van der Waals surface area (Å²) in [6.45, 7) is 5.90. The van der Waals surface area contributed by atoms with Crippen LogP contribution in [0.15, 0.2) is 12.4 Å². The summed E-state index contributed by atoms with van der Waals surface area (Å²) in [5.74, 6) is -2.38. The first kappa shape index (κ1) is 26.3. The molecule has 2 fully saturated rings. The van der Waals surface area contributed by atoms with Crippen molar-refractivity contribution in [3.8, 4) is 0 Å². The summed E-state index contributed by atoms with van der Waals surface area (Å²) in [5.41, 5.74) is 6.42. The second kappa shape index (κ2) is 11.3. The second-order valence-electron chi connectivity index (χ2n) is 8.25. The molecule has 0 saturated carbocycles. The van der Waals surface area contributed by atoms with E-state index in [-0.39, 0.29) is 29.9 Å². The predicted molar refractivity (Wildman–Crippen MR) is 112 cm³/mol. The lowest BCUT2D eigenvalue weighted by molar-refractivity contribution is -0.192. The lowest BCUT2D eigenvalue weighted by atomic mass is 10.1. The largest absolute Gasteiger partial charge is 0.490 e. The smallest absolute Gasteiger partial charge is 0.475 e. The number of nitrogens with zero attached hydrogens (tertiary/aromatic N) is 4. The Morgan fingerprint density at radius 3 is 2.33 bits per heavy atom. The number of nitrogens with one attached hydrogen (secondary N) is 1. The quantitative estimate of drug-likeness (QED) is 0.590. The van der Waals surface area contributed by atoms with E-state index in [9.17, 15) is 22.8 Å². The molecule has 1 aromatic heterocycles. The fourth-order valence-electron chi connectivity index (χ4n) is 3.61. The van der Waals surface area contributed by atoms with Crippen LogP contribution in [0, 0.1) is 0 Å². The number of aliphatic carboxylic acids is 1. The number of hydrogen-bond acceptors (Lipinski definition) is 7. The molecule has 0 aliphatic carbocycles. The topological polar surface area (TPSA) is 142 Å². The van der Waals surface area contributed by atoms with Crippen LogP contribution in [0.4, 0.5) is 19.0 Å². The summed E-state index contributed by atoms with van der Waals surface area (Å²) >= 11 is 0. The molecule has 184 valence electrons. The van der Waals surface area contributed by atoms with Crippen LogP contribution in [-0.2, 0) is 9.59 Å². The predicted octanol–water partition coefficient (Wildman–Crippen LogP) is 1.17. The van der Waals surface area contributed by atoms with Crippen LogP contribution in [0.2, 0.25) is 0 Å². The monoisotopic (exact) mass is 474 g/mol. The van der Waals surface area contributed by atoms with Crippen molar-refractivity contribution in [1.29, 1.82) is 0 Å². The number of carboxylic acid groups (broad SMARTS) is 1. The Morgan fingerprint density at radius 1 is 1.18 bits per heavy atom. The summed E-state index contributed by atoms with van der Waals surface area (Å²) < 4.78 is 31.7. The number of carboxylic acids is 1. The van der Waals surface area contributed by atoms with E-state index in [4.69, 9.17) is 15.6 Å². The van der Waals surface area contributed by atoms with Crippen LogP contribution in [0.5, 0.6) is 0 Å². The van der Waals surface area contributed by atoms with E-state index in [1.807, 2.05) is 23.6 Å². The Balaban J connectivity index is 0.000000479. The van der Waals surface area contributed by atoms with Gasteiger partial charge in [-0.2, -0.15) is 13.2 Å². The number of aromatic nitrogens is 2. The molecular weight excluding hydrogens is 445 g/mol. The lowest BCUT2D eigenvalue weighted by Gasteiger charge is -2.27. The van der Waals surface area contributed by atoms with Gasteiger partial charge in [-0.05, 0) is 39.5 Å². The fourth-order valence-corrected chi connectivity index (χ4v) is 3.61. The van der Waals surface area contributed by atoms with E-state index >= 15 is 0 Å². The van der Waals surface area contributed by atoms with Crippen molar-refractivity contribution in [2.45, 2.75) is 63.8 Å². The summed E-state index contributed by atoms with van der Waals surface area (Å²) in [5, 5.41) is 10.1. The Bertz CT molecular complexity index is 845. The number of nitrogens with two attached hydrogens (primary N) is 1. The number of halogens is 3. The van der Waals surface area contributed by atoms with Crippen LogP contribution < -0.4 is 16.0 Å². The zero-order chi connectivity index (χ0) is 24.8. The van der Waals surface area contributed by atoms with Gasteiger partial charge in [-0.1, -0.05) is 0 Å². The molecule has 3 heterocycles. The molecule has 0 radical (unpaired) electrons. The summed E-state index contributed by atoms with van der Waals surface area (Å²) in [6.07, 6.45) is 1.78. The van der Waals surface area contributed by atoms with E-state index in [0.717, 1.165) is 32.4 Å². The average molecular weight is 474 g/mol. The zero-order valence-corrected chi connectivity index (χ0v) is 18.5. The van der Waals surface area contributed by atoms with E-state index in [1.165, 1.54) is 6.20 Å². The van der Waals surface area contributed by atoms with Gasteiger partial charge in [-0.3, -0.25) is 14.6 Å². The summed E-state index contributed by atoms with van der Waals surface area (Å²) in [6, 6.07) is -0.442. The highest BCUT2D eigenvalue weighted by atomic mass is 19.4. The van der Waals surface area contributed by atoms with Gasteiger partial charge in [-0.15, -0.1) is 0 Å². The lowest BCUT2D eigenvalue weighted by Crippen LogP contribution is -2.46. The molecule has 2 saturated heterocycles. The van der Waals surface area contributed by atoms with Crippen LogP contribution in [-0.4, -0.2) is 81.7 Å². The molecule has 10 nitrogen and oxygen atoms in total. The number of piperidine rings is 1. The van der Waals surface area contributed by atoms with Gasteiger partial charge in [0.05, 0.1) is 12.4 Å². The van der Waals surface area contributed by atoms with Gasteiger partial charge < -0.3 is 26.0 Å². The third-order valence-corrected chi connectivity index (χ3v) is 5.09. The first-order valence-corrected chi connectivity index (χ1v) is 10.6. The molecule has 2 amide bonds. The van der Waals surface area contributed by atoms with Gasteiger partial charge in [0, 0.05) is 31.7 Å². The number of anilines is 1. The van der Waals surface area contributed by atoms with E-state index in [2.05, 4.69) is 15.3 Å². The maximum absolute atomic E-state index is 12.7. The maximum Gasteiger partial charge on any atom is 0.490 e. The van der Waals surface area contributed by atoms with Crippen molar-refractivity contribution in [2.75, 3.05) is 24.5 Å². The molecule has 4 N–H and O–H groups in total. The van der Waals surface area contributed by atoms with Gasteiger partial charge in [0.1, 0.15) is 17.6 Å². The highest BCUT2D eigenvalue weighted by molar-refractivity contribution is 5.92. The normalized spacial score (nSPS) is 20.8. The maximum atomic E-state index is 12.7. The molecule has 3 rings (SSSR count). The number of likely N-dealkylation sites (tertiary alicyclic amines) is 1. The van der Waals surface area contributed by atoms with E-state index < -0.39 is 12.1 Å². The Morgan fingerprint density at radius 2 is 1.79 bits per heavy atom. The average Bonchev–Trinajstić information content (AvgIpc) is 3.15. The van der Waals surface area contributed by atoms with E-state index in [1.54, 1.807) is 6.20 Å². The summed E-state index contributed by atoms with van der Waals surface area (Å²) in [4.78, 5) is 46.5. The minimum absolute atomic E-state index is 0.0549. The molecule has 2 aliphatic rings. The molecule has 2 aliphatic heterocycles. The highest BCUT2D eigenvalue weighted by Gasteiger charge is 2.38. The number of alkyl halides is 3. The van der Waals surface area contributed by atoms with Gasteiger partial charge in [0.15, 0.2) is 0 Å². The SMILES string of the molecule is CC(C)NC(=O)[C@@H]1C[C@@H](N)CN1c1cncc(C(=O)N2CCCCC2)n1.O=C(O)C(F)(F)F. The van der Waals surface area contributed by atoms with Gasteiger partial charge in [-0.25, -0.2) is 9.78 Å². The first-order chi connectivity index (χ1) is 15.4. The molecule has 0 aromatic carbocycles. The molecular formula is C20H29F3N6O4. The molecule has 1 aromatic rings. The number of amides is 2. The second-order valence-corrected chi connectivity index (χ2v) is 8.25. The minimum atomic E-state index is -5.08. The molecule has 2 atom stereocenters. The highest BCUT2D eigenvalue weighted by Crippen LogP contribution is 2.24. The number of rotatable bonds is 4. The van der Waals surface area contributed by atoms with Crippen molar-refractivity contribution in [3.05, 3.63) is 18.1 Å². The molecule has 0 spiro atoms. The summed E-state index contributed by atoms with van der Waals surface area (Å²) in [7, 11) is 0. The minimum Gasteiger partial charge on any atom is -0.475 e. The third-order valence-electron chi connectivity index (χ3n) is 5.09. The van der Waals surface area contributed by atoms with Crippen molar-refractivity contribution in [1.82, 2.24) is 20.2 Å². The Labute approximate surface area is 189 Å². The fraction of sp³-hybridized carbons (Fsp3) is 0.650. The van der Waals surface area contributed by atoms with Gasteiger partial charge in [0.25, 0.3) is 5.91 Å².